The minimum atomic E-state index is -3.48. The molecular formula is C23H23IN2O3S. The van der Waals surface area contributed by atoms with Gasteiger partial charge < -0.3 is 5.32 Å². The average Bonchev–Trinajstić information content (AvgIpc) is 2.68. The molecule has 0 atom stereocenters. The summed E-state index contributed by atoms with van der Waals surface area (Å²) in [5.74, 6) is -0.211. The van der Waals surface area contributed by atoms with Crippen LogP contribution < -0.4 is 9.62 Å². The molecule has 1 N–H and O–H groups in total. The molecule has 0 unspecified atom stereocenters. The van der Waals surface area contributed by atoms with E-state index in [0.29, 0.717) is 11.3 Å². The molecule has 0 aliphatic carbocycles. The van der Waals surface area contributed by atoms with Gasteiger partial charge in [0.15, 0.2) is 0 Å². The number of rotatable bonds is 6. The molecule has 0 fully saturated rings. The number of halogens is 1. The van der Waals surface area contributed by atoms with E-state index < -0.39 is 10.0 Å². The van der Waals surface area contributed by atoms with Crippen LogP contribution in [0.25, 0.3) is 0 Å². The van der Waals surface area contributed by atoms with Gasteiger partial charge in [0.25, 0.3) is 5.91 Å². The third-order valence-electron chi connectivity index (χ3n) is 4.73. The fraction of sp³-hybridized carbons (Fsp3) is 0.174. The Morgan fingerprint density at radius 2 is 1.50 bits per heavy atom. The van der Waals surface area contributed by atoms with E-state index in [1.807, 2.05) is 56.3 Å². The maximum atomic E-state index is 12.5. The van der Waals surface area contributed by atoms with E-state index in [2.05, 4.69) is 27.9 Å². The molecule has 0 heterocycles. The second kappa shape index (κ2) is 9.18. The van der Waals surface area contributed by atoms with E-state index in [1.54, 1.807) is 24.3 Å². The Morgan fingerprint density at radius 1 is 0.933 bits per heavy atom. The van der Waals surface area contributed by atoms with E-state index >= 15 is 0 Å². The molecule has 5 nitrogen and oxygen atoms in total. The van der Waals surface area contributed by atoms with Crippen LogP contribution in [-0.4, -0.2) is 20.6 Å². The van der Waals surface area contributed by atoms with E-state index in [9.17, 15) is 13.2 Å². The quantitative estimate of drug-likeness (QED) is 0.447. The number of nitrogens with one attached hydrogen (secondary N) is 1. The number of amides is 1. The molecule has 0 aliphatic rings. The molecule has 0 saturated heterocycles. The lowest BCUT2D eigenvalue weighted by molar-refractivity contribution is 0.102. The highest BCUT2D eigenvalue weighted by Crippen LogP contribution is 2.28. The van der Waals surface area contributed by atoms with Gasteiger partial charge in [0.2, 0.25) is 10.0 Å². The number of hydrogen-bond acceptors (Lipinski definition) is 3. The van der Waals surface area contributed by atoms with Crippen molar-refractivity contribution in [1.29, 1.82) is 0 Å². The van der Waals surface area contributed by atoms with E-state index in [1.165, 1.54) is 10.6 Å². The number of hydrogen-bond donors (Lipinski definition) is 1. The Bertz CT molecular complexity index is 1140. The van der Waals surface area contributed by atoms with Gasteiger partial charge in [-0.05, 0) is 89.5 Å². The van der Waals surface area contributed by atoms with Crippen LogP contribution in [0, 0.1) is 17.4 Å². The highest BCUT2D eigenvalue weighted by Gasteiger charge is 2.21. The molecule has 7 heteroatoms. The lowest BCUT2D eigenvalue weighted by atomic mass is 10.1. The molecule has 0 aliphatic heterocycles. The van der Waals surface area contributed by atoms with E-state index in [4.69, 9.17) is 0 Å². The predicted octanol–water partition coefficient (Wildman–Crippen LogP) is 5.13. The molecule has 3 aromatic carbocycles. The lowest BCUT2D eigenvalue weighted by Gasteiger charge is -2.26. The smallest absolute Gasteiger partial charge is 0.255 e. The van der Waals surface area contributed by atoms with E-state index in [0.717, 1.165) is 25.9 Å². The summed E-state index contributed by atoms with van der Waals surface area (Å²) in [5, 5.41) is 2.86. The molecule has 0 spiro atoms. The summed E-state index contributed by atoms with van der Waals surface area (Å²) >= 11 is 2.21. The standard InChI is InChI=1S/C23H23IN2O3S/c1-16-5-4-6-17(2)22(16)26(30(3,28)29)15-18-7-9-19(10-8-18)23(27)25-21-13-11-20(24)12-14-21/h4-14H,15H2,1-3H3,(H,25,27). The number of para-hydroxylation sites is 1. The molecule has 0 radical (unpaired) electrons. The van der Waals surface area contributed by atoms with Gasteiger partial charge in [-0.1, -0.05) is 30.3 Å². The number of carbonyl (C=O) groups is 1. The summed E-state index contributed by atoms with van der Waals surface area (Å²) in [5.41, 5.74) is 4.52. The molecule has 0 aromatic heterocycles. The van der Waals surface area contributed by atoms with Crippen molar-refractivity contribution in [3.8, 4) is 0 Å². The first kappa shape index (κ1) is 22.3. The third kappa shape index (κ3) is 5.40. The van der Waals surface area contributed by atoms with Crippen molar-refractivity contribution in [3.63, 3.8) is 0 Å². The normalized spacial score (nSPS) is 11.2. The number of sulfonamides is 1. The molecule has 0 bridgehead atoms. The van der Waals surface area contributed by atoms with Crippen molar-refractivity contribution in [3.05, 3.63) is 92.6 Å². The van der Waals surface area contributed by atoms with Crippen LogP contribution in [0.4, 0.5) is 11.4 Å². The lowest BCUT2D eigenvalue weighted by Crippen LogP contribution is -2.30. The van der Waals surface area contributed by atoms with Crippen molar-refractivity contribution in [1.82, 2.24) is 0 Å². The minimum absolute atomic E-state index is 0.198. The zero-order valence-corrected chi connectivity index (χ0v) is 20.0. The molecular weight excluding hydrogens is 511 g/mol. The number of aryl methyl sites for hydroxylation is 2. The second-order valence-electron chi connectivity index (χ2n) is 7.17. The summed E-state index contributed by atoms with van der Waals surface area (Å²) in [4.78, 5) is 12.5. The Hall–Kier alpha value is -2.39. The fourth-order valence-corrected chi connectivity index (χ4v) is 4.59. The van der Waals surface area contributed by atoms with Crippen LogP contribution in [0.2, 0.25) is 0 Å². The third-order valence-corrected chi connectivity index (χ3v) is 6.57. The van der Waals surface area contributed by atoms with Crippen LogP contribution in [-0.2, 0) is 16.6 Å². The first-order valence-electron chi connectivity index (χ1n) is 9.35. The average molecular weight is 534 g/mol. The van der Waals surface area contributed by atoms with Gasteiger partial charge >= 0.3 is 0 Å². The van der Waals surface area contributed by atoms with Crippen molar-refractivity contribution in [2.75, 3.05) is 15.9 Å². The zero-order valence-electron chi connectivity index (χ0n) is 17.0. The van der Waals surface area contributed by atoms with Crippen LogP contribution >= 0.6 is 22.6 Å². The van der Waals surface area contributed by atoms with Gasteiger partial charge in [0, 0.05) is 14.8 Å². The van der Waals surface area contributed by atoms with Crippen molar-refractivity contribution >= 4 is 49.9 Å². The van der Waals surface area contributed by atoms with Gasteiger partial charge in [-0.3, -0.25) is 9.10 Å². The highest BCUT2D eigenvalue weighted by atomic mass is 127. The second-order valence-corrected chi connectivity index (χ2v) is 10.3. The van der Waals surface area contributed by atoms with Gasteiger partial charge in [-0.25, -0.2) is 8.42 Å². The van der Waals surface area contributed by atoms with Gasteiger partial charge in [-0.2, -0.15) is 0 Å². The molecule has 0 saturated carbocycles. The first-order chi connectivity index (χ1) is 14.1. The number of benzene rings is 3. The largest absolute Gasteiger partial charge is 0.322 e. The SMILES string of the molecule is Cc1cccc(C)c1N(Cc1ccc(C(=O)Nc2ccc(I)cc2)cc1)S(C)(=O)=O. The van der Waals surface area contributed by atoms with Crippen LogP contribution in [0.15, 0.2) is 66.7 Å². The Morgan fingerprint density at radius 3 is 2.03 bits per heavy atom. The Labute approximate surface area is 191 Å². The van der Waals surface area contributed by atoms with Crippen molar-refractivity contribution < 1.29 is 13.2 Å². The Kier molecular flexibility index (Phi) is 6.82. The first-order valence-corrected chi connectivity index (χ1v) is 12.3. The maximum Gasteiger partial charge on any atom is 0.255 e. The summed E-state index contributed by atoms with van der Waals surface area (Å²) in [6.07, 6.45) is 1.21. The van der Waals surface area contributed by atoms with Crippen LogP contribution in [0.5, 0.6) is 0 Å². The van der Waals surface area contributed by atoms with Crippen LogP contribution in [0.1, 0.15) is 27.0 Å². The number of carbonyl (C=O) groups excluding carboxylic acids is 1. The topological polar surface area (TPSA) is 66.5 Å². The number of anilines is 2. The molecule has 3 rings (SSSR count). The Balaban J connectivity index is 1.80. The molecule has 30 heavy (non-hydrogen) atoms. The van der Waals surface area contributed by atoms with Crippen molar-refractivity contribution in [2.45, 2.75) is 20.4 Å². The summed E-state index contributed by atoms with van der Waals surface area (Å²) in [6.45, 7) is 4.00. The zero-order chi connectivity index (χ0) is 21.9. The predicted molar refractivity (Wildman–Crippen MR) is 130 cm³/mol. The maximum absolute atomic E-state index is 12.5. The van der Waals surface area contributed by atoms with Crippen molar-refractivity contribution in [2.24, 2.45) is 0 Å². The van der Waals surface area contributed by atoms with Gasteiger partial charge in [0.1, 0.15) is 0 Å². The van der Waals surface area contributed by atoms with E-state index in [-0.39, 0.29) is 12.5 Å². The number of nitrogens with zero attached hydrogens (tertiary/aromatic N) is 1. The van der Waals surface area contributed by atoms with Gasteiger partial charge in [-0.15, -0.1) is 0 Å². The monoisotopic (exact) mass is 534 g/mol. The fourth-order valence-electron chi connectivity index (χ4n) is 3.23. The minimum Gasteiger partial charge on any atom is -0.322 e. The summed E-state index contributed by atoms with van der Waals surface area (Å²) in [6, 6.07) is 20.3. The molecule has 1 amide bonds. The highest BCUT2D eigenvalue weighted by molar-refractivity contribution is 14.1. The molecule has 156 valence electrons. The summed E-state index contributed by atoms with van der Waals surface area (Å²) in [7, 11) is -3.48. The van der Waals surface area contributed by atoms with Gasteiger partial charge in [0.05, 0.1) is 18.5 Å². The molecule has 3 aromatic rings. The summed E-state index contributed by atoms with van der Waals surface area (Å²) < 4.78 is 27.5. The van der Waals surface area contributed by atoms with Crippen LogP contribution in [0.3, 0.4) is 0 Å².